The molecule has 0 aromatic heterocycles. The second kappa shape index (κ2) is 5.25. The van der Waals surface area contributed by atoms with Gasteiger partial charge in [-0.15, -0.1) is 0 Å². The topological polar surface area (TPSA) is 20.2 Å². The van der Waals surface area contributed by atoms with Gasteiger partial charge in [-0.05, 0) is 43.5 Å². The van der Waals surface area contributed by atoms with E-state index in [1.165, 1.54) is 16.7 Å². The number of rotatable bonds is 2. The highest BCUT2D eigenvalue weighted by Gasteiger charge is 2.14. The van der Waals surface area contributed by atoms with Gasteiger partial charge < -0.3 is 5.11 Å². The first-order valence-electron chi connectivity index (χ1n) is 5.99. The second-order valence-electron chi connectivity index (χ2n) is 4.85. The molecule has 1 atom stereocenters. The quantitative estimate of drug-likeness (QED) is 0.868. The third kappa shape index (κ3) is 2.82. The minimum Gasteiger partial charge on any atom is -0.384 e. The van der Waals surface area contributed by atoms with Crippen LogP contribution in [-0.2, 0) is 0 Å². The van der Waals surface area contributed by atoms with Crippen molar-refractivity contribution in [3.8, 4) is 0 Å². The lowest BCUT2D eigenvalue weighted by molar-refractivity contribution is 0.219. The van der Waals surface area contributed by atoms with Crippen LogP contribution in [0.4, 0.5) is 0 Å². The van der Waals surface area contributed by atoms with Gasteiger partial charge in [-0.25, -0.2) is 0 Å². The Labute approximate surface area is 117 Å². The normalized spacial score (nSPS) is 12.5. The van der Waals surface area contributed by atoms with Crippen LogP contribution in [0.15, 0.2) is 40.9 Å². The summed E-state index contributed by atoms with van der Waals surface area (Å²) in [6.45, 7) is 6.14. The van der Waals surface area contributed by atoms with E-state index in [0.717, 1.165) is 15.6 Å². The third-order valence-corrected chi connectivity index (χ3v) is 3.70. The van der Waals surface area contributed by atoms with Crippen LogP contribution in [0, 0.1) is 20.8 Å². The maximum atomic E-state index is 10.5. The third-order valence-electron chi connectivity index (χ3n) is 3.01. The molecule has 0 fully saturated rings. The summed E-state index contributed by atoms with van der Waals surface area (Å²) in [5.41, 5.74) is 5.38. The molecule has 0 radical (unpaired) electrons. The molecule has 18 heavy (non-hydrogen) atoms. The number of benzene rings is 2. The molecule has 1 nitrogen and oxygen atoms in total. The molecule has 0 amide bonds. The summed E-state index contributed by atoms with van der Waals surface area (Å²) < 4.78 is 0.953. The van der Waals surface area contributed by atoms with Crippen molar-refractivity contribution in [1.29, 1.82) is 0 Å². The van der Waals surface area contributed by atoms with Gasteiger partial charge in [0.15, 0.2) is 0 Å². The highest BCUT2D eigenvalue weighted by atomic mass is 79.9. The summed E-state index contributed by atoms with van der Waals surface area (Å²) in [7, 11) is 0. The Balaban J connectivity index is 2.44. The molecule has 0 saturated carbocycles. The molecule has 0 spiro atoms. The Kier molecular flexibility index (Phi) is 3.88. The predicted molar refractivity (Wildman–Crippen MR) is 78.9 cm³/mol. The molecule has 1 unspecified atom stereocenters. The fraction of sp³-hybridized carbons (Fsp3) is 0.250. The van der Waals surface area contributed by atoms with Gasteiger partial charge in [0, 0.05) is 4.47 Å². The molecule has 2 aromatic carbocycles. The first kappa shape index (κ1) is 13.3. The fourth-order valence-corrected chi connectivity index (χ4v) is 2.91. The van der Waals surface area contributed by atoms with Crippen LogP contribution in [0.5, 0.6) is 0 Å². The Hall–Kier alpha value is -1.12. The molecular weight excluding hydrogens is 288 g/mol. The van der Waals surface area contributed by atoms with Gasteiger partial charge in [0.1, 0.15) is 6.10 Å². The number of hydrogen-bond donors (Lipinski definition) is 1. The fourth-order valence-electron chi connectivity index (χ4n) is 2.20. The van der Waals surface area contributed by atoms with Gasteiger partial charge in [-0.3, -0.25) is 0 Å². The molecule has 1 N–H and O–H groups in total. The minimum absolute atomic E-state index is 0.585. The molecule has 0 heterocycles. The second-order valence-corrected chi connectivity index (χ2v) is 5.70. The predicted octanol–water partition coefficient (Wildman–Crippen LogP) is 4.46. The molecule has 0 aliphatic rings. The van der Waals surface area contributed by atoms with Crippen molar-refractivity contribution in [3.05, 3.63) is 68.7 Å². The monoisotopic (exact) mass is 304 g/mol. The SMILES string of the molecule is Cc1cc(C)cc(C(O)c2ccc(C)cc2Br)c1. The average molecular weight is 305 g/mol. The summed E-state index contributed by atoms with van der Waals surface area (Å²) in [5, 5.41) is 10.5. The van der Waals surface area contributed by atoms with Gasteiger partial charge in [0.2, 0.25) is 0 Å². The van der Waals surface area contributed by atoms with Crippen molar-refractivity contribution in [2.24, 2.45) is 0 Å². The van der Waals surface area contributed by atoms with E-state index in [2.05, 4.69) is 22.0 Å². The highest BCUT2D eigenvalue weighted by Crippen LogP contribution is 2.30. The van der Waals surface area contributed by atoms with E-state index < -0.39 is 6.10 Å². The van der Waals surface area contributed by atoms with Crippen LogP contribution in [0.3, 0.4) is 0 Å². The summed E-state index contributed by atoms with van der Waals surface area (Å²) in [6.07, 6.45) is -0.585. The number of aliphatic hydroxyl groups is 1. The molecule has 2 rings (SSSR count). The molecule has 0 aliphatic carbocycles. The average Bonchev–Trinajstić information content (AvgIpc) is 2.26. The Morgan fingerprint density at radius 2 is 1.50 bits per heavy atom. The van der Waals surface area contributed by atoms with Gasteiger partial charge in [-0.2, -0.15) is 0 Å². The van der Waals surface area contributed by atoms with E-state index in [0.29, 0.717) is 0 Å². The smallest absolute Gasteiger partial charge is 0.105 e. The highest BCUT2D eigenvalue weighted by molar-refractivity contribution is 9.10. The zero-order valence-electron chi connectivity index (χ0n) is 10.9. The minimum atomic E-state index is -0.585. The van der Waals surface area contributed by atoms with Crippen molar-refractivity contribution in [1.82, 2.24) is 0 Å². The molecule has 94 valence electrons. The molecule has 2 heteroatoms. The largest absolute Gasteiger partial charge is 0.384 e. The number of aryl methyl sites for hydroxylation is 3. The Bertz CT molecular complexity index is 555. The molecule has 2 aromatic rings. The number of hydrogen-bond acceptors (Lipinski definition) is 1. The maximum Gasteiger partial charge on any atom is 0.105 e. The van der Waals surface area contributed by atoms with E-state index in [-0.39, 0.29) is 0 Å². The lowest BCUT2D eigenvalue weighted by atomic mass is 9.97. The zero-order valence-corrected chi connectivity index (χ0v) is 12.5. The Morgan fingerprint density at radius 3 is 2.06 bits per heavy atom. The zero-order chi connectivity index (χ0) is 13.3. The van der Waals surface area contributed by atoms with Gasteiger partial charge >= 0.3 is 0 Å². The van der Waals surface area contributed by atoms with E-state index in [1.807, 2.05) is 51.1 Å². The van der Waals surface area contributed by atoms with Gasteiger partial charge in [-0.1, -0.05) is 57.4 Å². The molecule has 0 aliphatic heterocycles. The van der Waals surface area contributed by atoms with Crippen LogP contribution in [0.2, 0.25) is 0 Å². The summed E-state index contributed by atoms with van der Waals surface area (Å²) >= 11 is 3.52. The Morgan fingerprint density at radius 1 is 0.889 bits per heavy atom. The van der Waals surface area contributed by atoms with Crippen LogP contribution in [0.25, 0.3) is 0 Å². The standard InChI is InChI=1S/C16H17BrO/c1-10-4-5-14(15(17)9-10)16(18)13-7-11(2)6-12(3)8-13/h4-9,16,18H,1-3H3. The van der Waals surface area contributed by atoms with E-state index >= 15 is 0 Å². The van der Waals surface area contributed by atoms with Gasteiger partial charge in [0.05, 0.1) is 0 Å². The van der Waals surface area contributed by atoms with Crippen molar-refractivity contribution in [3.63, 3.8) is 0 Å². The van der Waals surface area contributed by atoms with Crippen molar-refractivity contribution >= 4 is 15.9 Å². The summed E-state index contributed by atoms with van der Waals surface area (Å²) in [6, 6.07) is 12.2. The van der Waals surface area contributed by atoms with Crippen LogP contribution < -0.4 is 0 Å². The number of aliphatic hydroxyl groups excluding tert-OH is 1. The van der Waals surface area contributed by atoms with Crippen LogP contribution >= 0.6 is 15.9 Å². The van der Waals surface area contributed by atoms with Gasteiger partial charge in [0.25, 0.3) is 0 Å². The molecular formula is C16H17BrO. The van der Waals surface area contributed by atoms with E-state index in [9.17, 15) is 5.11 Å². The van der Waals surface area contributed by atoms with Crippen molar-refractivity contribution in [2.75, 3.05) is 0 Å². The number of halogens is 1. The molecule has 0 saturated heterocycles. The lowest BCUT2D eigenvalue weighted by Gasteiger charge is -2.15. The lowest BCUT2D eigenvalue weighted by Crippen LogP contribution is -2.02. The summed E-state index contributed by atoms with van der Waals surface area (Å²) in [4.78, 5) is 0. The first-order valence-corrected chi connectivity index (χ1v) is 6.79. The first-order chi connectivity index (χ1) is 8.47. The van der Waals surface area contributed by atoms with Crippen molar-refractivity contribution < 1.29 is 5.11 Å². The van der Waals surface area contributed by atoms with Crippen LogP contribution in [-0.4, -0.2) is 5.11 Å². The van der Waals surface area contributed by atoms with Crippen molar-refractivity contribution in [2.45, 2.75) is 26.9 Å². The van der Waals surface area contributed by atoms with E-state index in [1.54, 1.807) is 0 Å². The molecule has 0 bridgehead atoms. The maximum absolute atomic E-state index is 10.5. The van der Waals surface area contributed by atoms with Crippen LogP contribution in [0.1, 0.15) is 33.9 Å². The van der Waals surface area contributed by atoms with E-state index in [4.69, 9.17) is 0 Å². The summed E-state index contributed by atoms with van der Waals surface area (Å²) in [5.74, 6) is 0.